The van der Waals surface area contributed by atoms with E-state index in [0.717, 1.165) is 30.5 Å². The number of rotatable bonds is 10. The number of aromatic nitrogens is 2. The van der Waals surface area contributed by atoms with Crippen molar-refractivity contribution in [3.8, 4) is 11.6 Å². The predicted octanol–water partition coefficient (Wildman–Crippen LogP) is 3.79. The number of carbonyl (C=O) groups excluding carboxylic acids is 1. The third kappa shape index (κ3) is 4.99. The summed E-state index contributed by atoms with van der Waals surface area (Å²) in [6.07, 6.45) is 4.13. The van der Waals surface area contributed by atoms with Gasteiger partial charge >= 0.3 is 0 Å². The Hall–Kier alpha value is -3.20. The number of aliphatic hydroxyl groups is 1. The maximum Gasteiger partial charge on any atom is 0.274 e. The molecule has 0 aliphatic rings. The molecule has 2 heterocycles. The zero-order valence-electron chi connectivity index (χ0n) is 18.3. The number of fused-ring (bicyclic) bond motifs is 1. The molecular weight excluding hydrogens is 420 g/mol. The van der Waals surface area contributed by atoms with Gasteiger partial charge in [-0.1, -0.05) is 25.8 Å². The van der Waals surface area contributed by atoms with Crippen molar-refractivity contribution in [1.29, 1.82) is 0 Å². The second-order valence-electron chi connectivity index (χ2n) is 7.53. The molecule has 1 aromatic carbocycles. The van der Waals surface area contributed by atoms with Crippen LogP contribution in [0.3, 0.4) is 0 Å². The Morgan fingerprint density at radius 1 is 1.31 bits per heavy atom. The Kier molecular flexibility index (Phi) is 7.63. The minimum absolute atomic E-state index is 0.0715. The maximum atomic E-state index is 14.0. The van der Waals surface area contributed by atoms with Crippen LogP contribution in [0.1, 0.15) is 47.8 Å². The first-order chi connectivity index (χ1) is 15.4. The highest BCUT2D eigenvalue weighted by molar-refractivity contribution is 5.96. The normalized spacial score (nSPS) is 12.1. The summed E-state index contributed by atoms with van der Waals surface area (Å²) in [6, 6.07) is 4.86. The molecule has 172 valence electrons. The van der Waals surface area contributed by atoms with Gasteiger partial charge in [0.25, 0.3) is 5.91 Å². The third-order valence-corrected chi connectivity index (χ3v) is 5.09. The lowest BCUT2D eigenvalue weighted by molar-refractivity contribution is 0.0903. The van der Waals surface area contributed by atoms with Crippen LogP contribution in [0.15, 0.2) is 30.5 Å². The Balaban J connectivity index is 1.96. The molecule has 3 aromatic rings. The number of ether oxygens (including phenoxy) is 2. The quantitative estimate of drug-likeness (QED) is 0.494. The first-order valence-corrected chi connectivity index (χ1v) is 10.4. The number of pyridine rings is 1. The van der Waals surface area contributed by atoms with Gasteiger partial charge in [0.15, 0.2) is 17.1 Å². The summed E-state index contributed by atoms with van der Waals surface area (Å²) < 4.78 is 40.5. The molecule has 32 heavy (non-hydrogen) atoms. The summed E-state index contributed by atoms with van der Waals surface area (Å²) in [5.74, 6) is -1.56. The van der Waals surface area contributed by atoms with Gasteiger partial charge in [-0.2, -0.15) is 4.98 Å². The van der Waals surface area contributed by atoms with Crippen LogP contribution in [0, 0.1) is 18.6 Å². The number of halogens is 2. The Labute approximate surface area is 185 Å². The van der Waals surface area contributed by atoms with Crippen molar-refractivity contribution in [2.75, 3.05) is 13.7 Å². The molecule has 2 aromatic heterocycles. The smallest absolute Gasteiger partial charge is 0.274 e. The lowest BCUT2D eigenvalue weighted by Crippen LogP contribution is -2.38. The molecule has 0 saturated heterocycles. The number of amides is 1. The summed E-state index contributed by atoms with van der Waals surface area (Å²) in [5, 5.41) is 12.4. The number of aliphatic hydroxyl groups excluding tert-OH is 1. The molecule has 1 atom stereocenters. The SMILES string of the molecule is CCCC[C@H](CO)NC(=O)c1c(OC)nc2c(OCc3c(F)cccc3F)cc(C)cn12. The van der Waals surface area contributed by atoms with Crippen LogP contribution in [-0.4, -0.2) is 40.2 Å². The van der Waals surface area contributed by atoms with Crippen LogP contribution < -0.4 is 14.8 Å². The van der Waals surface area contributed by atoms with Crippen LogP contribution in [0.25, 0.3) is 5.65 Å². The molecule has 0 aliphatic heterocycles. The van der Waals surface area contributed by atoms with Crippen LogP contribution in [-0.2, 0) is 6.61 Å². The zero-order valence-corrected chi connectivity index (χ0v) is 18.3. The number of carbonyl (C=O) groups is 1. The molecule has 7 nitrogen and oxygen atoms in total. The molecule has 0 unspecified atom stereocenters. The highest BCUT2D eigenvalue weighted by Gasteiger charge is 2.25. The van der Waals surface area contributed by atoms with Gasteiger partial charge in [-0.15, -0.1) is 0 Å². The van der Waals surface area contributed by atoms with Gasteiger partial charge in [-0.25, -0.2) is 8.78 Å². The number of hydrogen-bond acceptors (Lipinski definition) is 5. The minimum Gasteiger partial charge on any atom is -0.485 e. The molecule has 0 radical (unpaired) electrons. The van der Waals surface area contributed by atoms with E-state index >= 15 is 0 Å². The highest BCUT2D eigenvalue weighted by Crippen LogP contribution is 2.29. The van der Waals surface area contributed by atoms with Gasteiger partial charge in [0.2, 0.25) is 5.88 Å². The van der Waals surface area contributed by atoms with Crippen molar-refractivity contribution >= 4 is 11.6 Å². The van der Waals surface area contributed by atoms with Gasteiger partial charge in [0.05, 0.1) is 25.3 Å². The summed E-state index contributed by atoms with van der Waals surface area (Å²) in [5.41, 5.74) is 0.942. The average Bonchev–Trinajstić information content (AvgIpc) is 3.14. The van der Waals surface area contributed by atoms with E-state index in [1.54, 1.807) is 19.2 Å². The summed E-state index contributed by atoms with van der Waals surface area (Å²) in [4.78, 5) is 17.4. The number of unbranched alkanes of at least 4 members (excludes halogenated alkanes) is 1. The predicted molar refractivity (Wildman–Crippen MR) is 115 cm³/mol. The molecule has 1 amide bonds. The molecule has 0 bridgehead atoms. The van der Waals surface area contributed by atoms with Gasteiger partial charge in [-0.05, 0) is 37.1 Å². The van der Waals surface area contributed by atoms with Crippen molar-refractivity contribution in [3.63, 3.8) is 0 Å². The van der Waals surface area contributed by atoms with E-state index in [1.807, 2.05) is 6.92 Å². The number of hydrogen-bond donors (Lipinski definition) is 2. The fraction of sp³-hybridized carbons (Fsp3) is 0.391. The van der Waals surface area contributed by atoms with Crippen LogP contribution in [0.4, 0.5) is 8.78 Å². The molecular formula is C23H27F2N3O4. The number of benzene rings is 1. The summed E-state index contributed by atoms with van der Waals surface area (Å²) in [7, 11) is 1.39. The lowest BCUT2D eigenvalue weighted by atomic mass is 10.1. The van der Waals surface area contributed by atoms with Crippen molar-refractivity contribution in [1.82, 2.24) is 14.7 Å². The fourth-order valence-corrected chi connectivity index (χ4v) is 3.41. The number of nitrogens with one attached hydrogen (secondary N) is 1. The lowest BCUT2D eigenvalue weighted by Gasteiger charge is -2.16. The second kappa shape index (κ2) is 10.4. The maximum absolute atomic E-state index is 14.0. The Morgan fingerprint density at radius 2 is 2.03 bits per heavy atom. The average molecular weight is 447 g/mol. The van der Waals surface area contributed by atoms with E-state index in [1.165, 1.54) is 17.6 Å². The number of methoxy groups -OCH3 is 1. The van der Waals surface area contributed by atoms with Crippen LogP contribution in [0.5, 0.6) is 11.6 Å². The Bertz CT molecular complexity index is 1080. The van der Waals surface area contributed by atoms with Crippen molar-refractivity contribution in [2.24, 2.45) is 0 Å². The van der Waals surface area contributed by atoms with Crippen LogP contribution >= 0.6 is 0 Å². The van der Waals surface area contributed by atoms with E-state index in [0.29, 0.717) is 6.42 Å². The van der Waals surface area contributed by atoms with Crippen molar-refractivity contribution < 1.29 is 28.2 Å². The zero-order chi connectivity index (χ0) is 23.3. The van der Waals surface area contributed by atoms with Crippen LogP contribution in [0.2, 0.25) is 0 Å². The third-order valence-electron chi connectivity index (χ3n) is 5.09. The van der Waals surface area contributed by atoms with E-state index in [4.69, 9.17) is 9.47 Å². The minimum atomic E-state index is -0.711. The second-order valence-corrected chi connectivity index (χ2v) is 7.53. The number of aryl methyl sites for hydroxylation is 1. The topological polar surface area (TPSA) is 85.1 Å². The highest BCUT2D eigenvalue weighted by atomic mass is 19.1. The molecule has 9 heteroatoms. The number of nitrogens with zero attached hydrogens (tertiary/aromatic N) is 2. The molecule has 0 fully saturated rings. The van der Waals surface area contributed by atoms with Crippen molar-refractivity contribution in [2.45, 2.75) is 45.8 Å². The van der Waals surface area contributed by atoms with Crippen molar-refractivity contribution in [3.05, 3.63) is 58.9 Å². The van der Waals surface area contributed by atoms with E-state index < -0.39 is 23.6 Å². The molecule has 0 spiro atoms. The van der Waals surface area contributed by atoms with E-state index in [9.17, 15) is 18.7 Å². The summed E-state index contributed by atoms with van der Waals surface area (Å²) in [6.45, 7) is 3.29. The monoisotopic (exact) mass is 447 g/mol. The largest absolute Gasteiger partial charge is 0.485 e. The number of imidazole rings is 1. The fourth-order valence-electron chi connectivity index (χ4n) is 3.41. The Morgan fingerprint density at radius 3 is 2.66 bits per heavy atom. The van der Waals surface area contributed by atoms with E-state index in [-0.39, 0.29) is 41.7 Å². The van der Waals surface area contributed by atoms with Gasteiger partial charge in [0, 0.05) is 6.20 Å². The summed E-state index contributed by atoms with van der Waals surface area (Å²) >= 11 is 0. The molecule has 3 rings (SSSR count). The standard InChI is InChI=1S/C23H27F2N3O4/c1-4-5-7-15(12-29)26-22(30)20-23(31-3)27-21-19(10-14(2)11-28(20)21)32-13-16-17(24)8-6-9-18(16)25/h6,8-11,15,29H,4-5,7,12-13H2,1-3H3,(H,26,30)/t15-/m1/s1. The molecule has 0 saturated carbocycles. The molecule has 2 N–H and O–H groups in total. The first kappa shape index (κ1) is 23.5. The van der Waals surface area contributed by atoms with E-state index in [2.05, 4.69) is 10.3 Å². The molecule has 0 aliphatic carbocycles. The van der Waals surface area contributed by atoms with Gasteiger partial charge in [-0.3, -0.25) is 9.20 Å². The van der Waals surface area contributed by atoms with Gasteiger partial charge in [0.1, 0.15) is 18.2 Å². The van der Waals surface area contributed by atoms with Gasteiger partial charge < -0.3 is 19.9 Å². The first-order valence-electron chi connectivity index (χ1n) is 10.4.